The summed E-state index contributed by atoms with van der Waals surface area (Å²) in [5, 5.41) is 3.15. The number of esters is 1. The van der Waals surface area contributed by atoms with E-state index in [2.05, 4.69) is 12.2 Å². The molecule has 0 aliphatic carbocycles. The summed E-state index contributed by atoms with van der Waals surface area (Å²) in [7, 11) is 0. The minimum absolute atomic E-state index is 0.236. The molecule has 18 heavy (non-hydrogen) atoms. The van der Waals surface area contributed by atoms with Crippen LogP contribution in [0.25, 0.3) is 0 Å². The second-order valence-electron chi connectivity index (χ2n) is 4.70. The van der Waals surface area contributed by atoms with Crippen LogP contribution in [0.3, 0.4) is 0 Å². The van der Waals surface area contributed by atoms with Crippen LogP contribution in [0.5, 0.6) is 0 Å². The standard InChI is InChI=1S/C14H29NO3/c1-5-8-9-10-11-17-12-14(4,15-6-2)13(16)18-7-3/h15H,5-12H2,1-4H3. The van der Waals surface area contributed by atoms with Gasteiger partial charge in [0, 0.05) is 6.61 Å². The zero-order valence-corrected chi connectivity index (χ0v) is 12.4. The number of likely N-dealkylation sites (N-methyl/N-ethyl adjacent to an activating group) is 1. The fraction of sp³-hybridized carbons (Fsp3) is 0.929. The number of hydrogen-bond acceptors (Lipinski definition) is 4. The highest BCUT2D eigenvalue weighted by Crippen LogP contribution is 2.09. The Bertz CT molecular complexity index is 221. The van der Waals surface area contributed by atoms with Crippen LogP contribution < -0.4 is 5.32 Å². The van der Waals surface area contributed by atoms with Crippen molar-refractivity contribution in [2.24, 2.45) is 0 Å². The van der Waals surface area contributed by atoms with Gasteiger partial charge in [0.1, 0.15) is 5.54 Å². The fourth-order valence-electron chi connectivity index (χ4n) is 1.77. The lowest BCUT2D eigenvalue weighted by Gasteiger charge is -2.27. The van der Waals surface area contributed by atoms with Crippen molar-refractivity contribution >= 4 is 5.97 Å². The lowest BCUT2D eigenvalue weighted by molar-refractivity contribution is -0.153. The van der Waals surface area contributed by atoms with Crippen LogP contribution in [0.1, 0.15) is 53.4 Å². The van der Waals surface area contributed by atoms with Gasteiger partial charge in [-0.1, -0.05) is 33.1 Å². The van der Waals surface area contributed by atoms with Crippen LogP contribution in [0, 0.1) is 0 Å². The molecule has 0 aromatic carbocycles. The van der Waals surface area contributed by atoms with Gasteiger partial charge in [0.05, 0.1) is 13.2 Å². The maximum Gasteiger partial charge on any atom is 0.328 e. The molecule has 0 saturated heterocycles. The number of carbonyl (C=O) groups is 1. The van der Waals surface area contributed by atoms with Crippen LogP contribution in [-0.4, -0.2) is 37.9 Å². The van der Waals surface area contributed by atoms with Crippen molar-refractivity contribution in [3.05, 3.63) is 0 Å². The van der Waals surface area contributed by atoms with E-state index < -0.39 is 5.54 Å². The van der Waals surface area contributed by atoms with E-state index in [1.165, 1.54) is 19.3 Å². The third-order valence-corrected chi connectivity index (χ3v) is 2.83. The summed E-state index contributed by atoms with van der Waals surface area (Å²) in [5.41, 5.74) is -0.727. The molecule has 0 amide bonds. The number of hydrogen-bond donors (Lipinski definition) is 1. The van der Waals surface area contributed by atoms with Crippen molar-refractivity contribution < 1.29 is 14.3 Å². The molecule has 4 nitrogen and oxygen atoms in total. The summed E-state index contributed by atoms with van der Waals surface area (Å²) in [4.78, 5) is 11.9. The summed E-state index contributed by atoms with van der Waals surface area (Å²) in [6, 6.07) is 0. The van der Waals surface area contributed by atoms with E-state index in [4.69, 9.17) is 9.47 Å². The fourth-order valence-corrected chi connectivity index (χ4v) is 1.77. The molecule has 0 fully saturated rings. The first-order valence-corrected chi connectivity index (χ1v) is 7.10. The molecule has 108 valence electrons. The number of ether oxygens (including phenoxy) is 2. The molecule has 1 unspecified atom stereocenters. The van der Waals surface area contributed by atoms with Gasteiger partial charge >= 0.3 is 5.97 Å². The largest absolute Gasteiger partial charge is 0.465 e. The minimum Gasteiger partial charge on any atom is -0.465 e. The van der Waals surface area contributed by atoms with Crippen LogP contribution in [0.15, 0.2) is 0 Å². The molecule has 0 aromatic heterocycles. The Morgan fingerprint density at radius 2 is 1.89 bits per heavy atom. The Balaban J connectivity index is 3.98. The summed E-state index contributed by atoms with van der Waals surface area (Å²) in [6.45, 7) is 10.00. The highest BCUT2D eigenvalue weighted by molar-refractivity contribution is 5.80. The molecule has 1 N–H and O–H groups in total. The van der Waals surface area contributed by atoms with E-state index >= 15 is 0 Å². The van der Waals surface area contributed by atoms with Crippen molar-refractivity contribution in [2.45, 2.75) is 58.9 Å². The molecule has 0 aliphatic rings. The molecule has 0 saturated carbocycles. The van der Waals surface area contributed by atoms with E-state index in [0.717, 1.165) is 6.42 Å². The molecule has 0 heterocycles. The highest BCUT2D eigenvalue weighted by atomic mass is 16.5. The third-order valence-electron chi connectivity index (χ3n) is 2.83. The molecule has 0 rings (SSSR count). The lowest BCUT2D eigenvalue weighted by Crippen LogP contribution is -2.54. The quantitative estimate of drug-likeness (QED) is 0.457. The van der Waals surface area contributed by atoms with Crippen LogP contribution in [0.4, 0.5) is 0 Å². The Hall–Kier alpha value is -0.610. The second-order valence-corrected chi connectivity index (χ2v) is 4.70. The topological polar surface area (TPSA) is 47.6 Å². The number of unbranched alkanes of at least 4 members (excludes halogenated alkanes) is 3. The number of rotatable bonds is 11. The molecular formula is C14H29NO3. The van der Waals surface area contributed by atoms with Gasteiger partial charge < -0.3 is 14.8 Å². The van der Waals surface area contributed by atoms with E-state index in [0.29, 0.717) is 26.4 Å². The first-order valence-electron chi connectivity index (χ1n) is 7.10. The monoisotopic (exact) mass is 259 g/mol. The predicted molar refractivity (Wildman–Crippen MR) is 73.7 cm³/mol. The zero-order chi connectivity index (χ0) is 13.9. The van der Waals surface area contributed by atoms with Crippen molar-refractivity contribution in [3.8, 4) is 0 Å². The van der Waals surface area contributed by atoms with Gasteiger partial charge in [-0.15, -0.1) is 0 Å². The van der Waals surface area contributed by atoms with Gasteiger partial charge in [-0.2, -0.15) is 0 Å². The Morgan fingerprint density at radius 1 is 1.17 bits per heavy atom. The van der Waals surface area contributed by atoms with Crippen molar-refractivity contribution in [3.63, 3.8) is 0 Å². The summed E-state index contributed by atoms with van der Waals surface area (Å²) >= 11 is 0. The smallest absolute Gasteiger partial charge is 0.328 e. The average Bonchev–Trinajstić information content (AvgIpc) is 2.34. The molecule has 1 atom stereocenters. The second kappa shape index (κ2) is 10.3. The van der Waals surface area contributed by atoms with E-state index in [-0.39, 0.29) is 5.97 Å². The van der Waals surface area contributed by atoms with Gasteiger partial charge in [0.25, 0.3) is 0 Å². The van der Waals surface area contributed by atoms with Gasteiger partial charge in [-0.25, -0.2) is 4.79 Å². The van der Waals surface area contributed by atoms with Crippen molar-refractivity contribution in [1.29, 1.82) is 0 Å². The van der Waals surface area contributed by atoms with Gasteiger partial charge in [0.15, 0.2) is 0 Å². The molecule has 0 aliphatic heterocycles. The van der Waals surface area contributed by atoms with Gasteiger partial charge in [0.2, 0.25) is 0 Å². The molecule has 4 heteroatoms. The van der Waals surface area contributed by atoms with Crippen LogP contribution in [-0.2, 0) is 14.3 Å². The average molecular weight is 259 g/mol. The Labute approximate surface area is 111 Å². The molecule has 0 spiro atoms. The van der Waals surface area contributed by atoms with Gasteiger partial charge in [-0.3, -0.25) is 0 Å². The summed E-state index contributed by atoms with van der Waals surface area (Å²) in [5.74, 6) is -0.236. The maximum absolute atomic E-state index is 11.9. The molecule has 0 radical (unpaired) electrons. The summed E-state index contributed by atoms with van der Waals surface area (Å²) < 4.78 is 10.7. The highest BCUT2D eigenvalue weighted by Gasteiger charge is 2.34. The Kier molecular flexibility index (Phi) is 9.98. The van der Waals surface area contributed by atoms with Crippen molar-refractivity contribution in [1.82, 2.24) is 5.32 Å². The van der Waals surface area contributed by atoms with E-state index in [1.54, 1.807) is 0 Å². The van der Waals surface area contributed by atoms with Gasteiger partial charge in [-0.05, 0) is 26.8 Å². The van der Waals surface area contributed by atoms with Crippen LogP contribution in [0.2, 0.25) is 0 Å². The van der Waals surface area contributed by atoms with E-state index in [9.17, 15) is 4.79 Å². The number of nitrogens with one attached hydrogen (secondary N) is 1. The van der Waals surface area contributed by atoms with E-state index in [1.807, 2.05) is 20.8 Å². The first kappa shape index (κ1) is 17.4. The normalized spacial score (nSPS) is 14.2. The minimum atomic E-state index is -0.727. The van der Waals surface area contributed by atoms with Crippen LogP contribution >= 0.6 is 0 Å². The SMILES string of the molecule is CCCCCCOCC(C)(NCC)C(=O)OCC. The maximum atomic E-state index is 11.9. The third kappa shape index (κ3) is 6.97. The lowest BCUT2D eigenvalue weighted by atomic mass is 10.0. The molecular weight excluding hydrogens is 230 g/mol. The predicted octanol–water partition coefficient (Wildman–Crippen LogP) is 2.51. The molecule has 0 aromatic rings. The Morgan fingerprint density at radius 3 is 2.44 bits per heavy atom. The number of carbonyl (C=O) groups excluding carboxylic acids is 1. The molecule has 0 bridgehead atoms. The summed E-state index contributed by atoms with van der Waals surface area (Å²) in [6.07, 6.45) is 4.70. The first-order chi connectivity index (χ1) is 8.60. The zero-order valence-electron chi connectivity index (χ0n) is 12.4. The van der Waals surface area contributed by atoms with Crippen molar-refractivity contribution in [2.75, 3.05) is 26.4 Å².